The molecule has 2 rings (SSSR count). The van der Waals surface area contributed by atoms with Crippen molar-refractivity contribution in [3.8, 4) is 5.75 Å². The van der Waals surface area contributed by atoms with Gasteiger partial charge in [0.15, 0.2) is 0 Å². The van der Waals surface area contributed by atoms with E-state index in [0.717, 1.165) is 22.2 Å². The molecule has 0 saturated heterocycles. The van der Waals surface area contributed by atoms with Crippen molar-refractivity contribution in [2.45, 2.75) is 19.8 Å². The molecule has 2 N–H and O–H groups in total. The number of carbonyl (C=O) groups excluding carboxylic acids is 1. The number of rotatable bonds is 9. The van der Waals surface area contributed by atoms with Gasteiger partial charge in [0.25, 0.3) is 0 Å². The summed E-state index contributed by atoms with van der Waals surface area (Å²) in [4.78, 5) is 19.9. The van der Waals surface area contributed by atoms with E-state index in [1.807, 2.05) is 25.1 Å². The van der Waals surface area contributed by atoms with Crippen LogP contribution in [0.1, 0.15) is 18.4 Å². The molecule has 1 aromatic carbocycles. The number of hydrogen-bond acceptors (Lipinski definition) is 5. The molecule has 1 aromatic heterocycles. The molecule has 0 aliphatic carbocycles. The number of hydrogen-bond donors (Lipinski definition) is 2. The van der Waals surface area contributed by atoms with Crippen molar-refractivity contribution in [1.82, 2.24) is 15.3 Å². The number of anilines is 1. The lowest BCUT2D eigenvalue weighted by atomic mass is 10.2. The van der Waals surface area contributed by atoms with Gasteiger partial charge in [0.05, 0.1) is 17.5 Å². The van der Waals surface area contributed by atoms with Crippen molar-refractivity contribution in [2.24, 2.45) is 0 Å². The van der Waals surface area contributed by atoms with Gasteiger partial charge in [0, 0.05) is 25.5 Å². The quantitative estimate of drug-likeness (QED) is 0.641. The van der Waals surface area contributed by atoms with E-state index in [4.69, 9.17) is 4.74 Å². The van der Waals surface area contributed by atoms with E-state index in [1.54, 1.807) is 18.5 Å². The standard InChI is InChI=1S/C17H21BrN4O2/c1-13-4-5-15(14(18)12-13)24-11-6-16(23)19-7-2-8-20-17-21-9-3-10-22-17/h3-5,9-10,12H,2,6-8,11H2,1H3,(H,19,23)(H,20,21,22). The molecule has 0 fully saturated rings. The minimum Gasteiger partial charge on any atom is -0.492 e. The molecule has 7 heteroatoms. The molecule has 0 aliphatic heterocycles. The molecule has 0 unspecified atom stereocenters. The minimum atomic E-state index is -0.0193. The molecule has 24 heavy (non-hydrogen) atoms. The molecule has 1 amide bonds. The maximum atomic E-state index is 11.8. The van der Waals surface area contributed by atoms with Gasteiger partial charge in [-0.2, -0.15) is 0 Å². The van der Waals surface area contributed by atoms with Gasteiger partial charge >= 0.3 is 0 Å². The lowest BCUT2D eigenvalue weighted by Crippen LogP contribution is -2.27. The van der Waals surface area contributed by atoms with Crippen LogP contribution in [0.4, 0.5) is 5.95 Å². The van der Waals surface area contributed by atoms with E-state index < -0.39 is 0 Å². The Morgan fingerprint density at radius 3 is 2.79 bits per heavy atom. The van der Waals surface area contributed by atoms with Crippen LogP contribution in [0.2, 0.25) is 0 Å². The number of benzene rings is 1. The largest absolute Gasteiger partial charge is 0.492 e. The Kier molecular flexibility index (Phi) is 7.48. The van der Waals surface area contributed by atoms with Gasteiger partial charge in [0.1, 0.15) is 5.75 Å². The first-order valence-corrected chi connectivity index (χ1v) is 8.61. The van der Waals surface area contributed by atoms with E-state index in [9.17, 15) is 4.79 Å². The summed E-state index contributed by atoms with van der Waals surface area (Å²) in [6.45, 7) is 3.67. The van der Waals surface area contributed by atoms with Gasteiger partial charge in [-0.05, 0) is 53.0 Å². The number of aromatic nitrogens is 2. The molecule has 128 valence electrons. The van der Waals surface area contributed by atoms with Crippen molar-refractivity contribution in [3.05, 3.63) is 46.7 Å². The average Bonchev–Trinajstić information content (AvgIpc) is 2.57. The summed E-state index contributed by atoms with van der Waals surface area (Å²) in [5, 5.41) is 5.96. The minimum absolute atomic E-state index is 0.0193. The molecule has 1 heterocycles. The second-order valence-corrected chi connectivity index (χ2v) is 6.09. The first kappa shape index (κ1) is 18.2. The van der Waals surface area contributed by atoms with Crippen LogP contribution in [0.25, 0.3) is 0 Å². The molecular weight excluding hydrogens is 372 g/mol. The fourth-order valence-electron chi connectivity index (χ4n) is 1.97. The topological polar surface area (TPSA) is 76.1 Å². The lowest BCUT2D eigenvalue weighted by Gasteiger charge is -2.09. The van der Waals surface area contributed by atoms with Gasteiger partial charge in [0.2, 0.25) is 11.9 Å². The Morgan fingerprint density at radius 2 is 2.04 bits per heavy atom. The molecular formula is C17H21BrN4O2. The maximum absolute atomic E-state index is 11.8. The molecule has 0 saturated carbocycles. The average molecular weight is 393 g/mol. The Morgan fingerprint density at radius 1 is 1.25 bits per heavy atom. The molecule has 2 aromatic rings. The summed E-state index contributed by atoms with van der Waals surface area (Å²) in [6.07, 6.45) is 4.50. The number of amides is 1. The number of carbonyl (C=O) groups is 1. The highest BCUT2D eigenvalue weighted by atomic mass is 79.9. The third-order valence-electron chi connectivity index (χ3n) is 3.20. The van der Waals surface area contributed by atoms with E-state index in [0.29, 0.717) is 32.1 Å². The van der Waals surface area contributed by atoms with Crippen molar-refractivity contribution in [3.63, 3.8) is 0 Å². The van der Waals surface area contributed by atoms with Crippen molar-refractivity contribution in [2.75, 3.05) is 25.0 Å². The van der Waals surface area contributed by atoms with Gasteiger partial charge in [-0.3, -0.25) is 4.79 Å². The molecule has 0 bridgehead atoms. The Labute approximate surface area is 150 Å². The van der Waals surface area contributed by atoms with E-state index in [1.165, 1.54) is 0 Å². The third-order valence-corrected chi connectivity index (χ3v) is 3.82. The number of nitrogens with zero attached hydrogens (tertiary/aromatic N) is 2. The summed E-state index contributed by atoms with van der Waals surface area (Å²) in [6, 6.07) is 7.62. The van der Waals surface area contributed by atoms with Gasteiger partial charge in [-0.25, -0.2) is 9.97 Å². The zero-order valence-corrected chi connectivity index (χ0v) is 15.2. The zero-order valence-electron chi connectivity index (χ0n) is 13.6. The van der Waals surface area contributed by atoms with Crippen LogP contribution in [0.15, 0.2) is 41.1 Å². The first-order chi connectivity index (χ1) is 11.6. The van der Waals surface area contributed by atoms with Crippen LogP contribution in [0.5, 0.6) is 5.75 Å². The van der Waals surface area contributed by atoms with E-state index in [-0.39, 0.29) is 5.91 Å². The predicted molar refractivity (Wildman–Crippen MR) is 97.1 cm³/mol. The number of ether oxygens (including phenoxy) is 1. The molecule has 0 atom stereocenters. The van der Waals surface area contributed by atoms with Crippen LogP contribution < -0.4 is 15.4 Å². The normalized spacial score (nSPS) is 10.2. The molecule has 6 nitrogen and oxygen atoms in total. The Bertz CT molecular complexity index is 652. The van der Waals surface area contributed by atoms with E-state index in [2.05, 4.69) is 36.5 Å². The van der Waals surface area contributed by atoms with Crippen LogP contribution in [0.3, 0.4) is 0 Å². The molecule has 0 spiro atoms. The zero-order chi connectivity index (χ0) is 17.2. The number of aryl methyl sites for hydroxylation is 1. The second kappa shape index (κ2) is 9.87. The van der Waals surface area contributed by atoms with Crippen molar-refractivity contribution < 1.29 is 9.53 Å². The fraction of sp³-hybridized carbons (Fsp3) is 0.353. The highest BCUT2D eigenvalue weighted by Gasteiger charge is 2.04. The summed E-state index contributed by atoms with van der Waals surface area (Å²) < 4.78 is 6.51. The van der Waals surface area contributed by atoms with Crippen LogP contribution in [-0.4, -0.2) is 35.6 Å². The Hall–Kier alpha value is -2.15. The summed E-state index contributed by atoms with van der Waals surface area (Å²) in [7, 11) is 0. The van der Waals surface area contributed by atoms with E-state index >= 15 is 0 Å². The summed E-state index contributed by atoms with van der Waals surface area (Å²) in [5.41, 5.74) is 1.15. The van der Waals surface area contributed by atoms with Crippen LogP contribution in [-0.2, 0) is 4.79 Å². The third kappa shape index (κ3) is 6.54. The van der Waals surface area contributed by atoms with Crippen molar-refractivity contribution in [1.29, 1.82) is 0 Å². The van der Waals surface area contributed by atoms with Gasteiger partial charge in [-0.15, -0.1) is 0 Å². The van der Waals surface area contributed by atoms with Crippen LogP contribution in [0, 0.1) is 6.92 Å². The number of nitrogens with one attached hydrogen (secondary N) is 2. The maximum Gasteiger partial charge on any atom is 0.223 e. The SMILES string of the molecule is Cc1ccc(OCCC(=O)NCCCNc2ncccn2)c(Br)c1. The summed E-state index contributed by atoms with van der Waals surface area (Å²) >= 11 is 3.45. The monoisotopic (exact) mass is 392 g/mol. The highest BCUT2D eigenvalue weighted by Crippen LogP contribution is 2.25. The second-order valence-electron chi connectivity index (χ2n) is 5.24. The van der Waals surface area contributed by atoms with Gasteiger partial charge < -0.3 is 15.4 Å². The van der Waals surface area contributed by atoms with Crippen molar-refractivity contribution >= 4 is 27.8 Å². The molecule has 0 radical (unpaired) electrons. The number of halogens is 1. The molecule has 0 aliphatic rings. The Balaban J connectivity index is 1.55. The van der Waals surface area contributed by atoms with Gasteiger partial charge in [-0.1, -0.05) is 6.07 Å². The summed E-state index contributed by atoms with van der Waals surface area (Å²) in [5.74, 6) is 1.33. The van der Waals surface area contributed by atoms with Crippen LogP contribution >= 0.6 is 15.9 Å². The lowest BCUT2D eigenvalue weighted by molar-refractivity contribution is -0.121. The predicted octanol–water partition coefficient (Wildman–Crippen LogP) is 2.93. The highest BCUT2D eigenvalue weighted by molar-refractivity contribution is 9.10. The fourth-order valence-corrected chi connectivity index (χ4v) is 2.58. The first-order valence-electron chi connectivity index (χ1n) is 7.81. The smallest absolute Gasteiger partial charge is 0.223 e.